The number of hydrogen-bond acceptors (Lipinski definition) is 6. The van der Waals surface area contributed by atoms with Crippen LogP contribution in [-0.2, 0) is 0 Å². The molecule has 29 heavy (non-hydrogen) atoms. The van der Waals surface area contributed by atoms with Crippen LogP contribution >= 0.6 is 0 Å². The lowest BCUT2D eigenvalue weighted by Crippen LogP contribution is -2.04. The van der Waals surface area contributed by atoms with Crippen LogP contribution in [0.2, 0.25) is 0 Å². The molecule has 0 spiro atoms. The summed E-state index contributed by atoms with van der Waals surface area (Å²) in [6, 6.07) is 13.4. The Bertz CT molecular complexity index is 1300. The third-order valence-corrected chi connectivity index (χ3v) is 4.09. The van der Waals surface area contributed by atoms with E-state index in [9.17, 15) is 8.78 Å². The van der Waals surface area contributed by atoms with Crippen LogP contribution in [0.15, 0.2) is 55.0 Å². The first-order valence-electron chi connectivity index (χ1n) is 8.34. The maximum absolute atomic E-state index is 14.8. The van der Waals surface area contributed by atoms with Gasteiger partial charge in [-0.2, -0.15) is 15.5 Å². The predicted molar refractivity (Wildman–Crippen MR) is 102 cm³/mol. The van der Waals surface area contributed by atoms with E-state index in [4.69, 9.17) is 10.5 Å². The Kier molecular flexibility index (Phi) is 4.47. The minimum absolute atomic E-state index is 0.0652. The number of benzene rings is 1. The van der Waals surface area contributed by atoms with Crippen LogP contribution in [0.1, 0.15) is 11.1 Å². The lowest BCUT2D eigenvalue weighted by molar-refractivity contribution is 0.585. The highest BCUT2D eigenvalue weighted by atomic mass is 19.1. The summed E-state index contributed by atoms with van der Waals surface area (Å²) in [7, 11) is 0. The van der Waals surface area contributed by atoms with Gasteiger partial charge in [-0.15, -0.1) is 0 Å². The Balaban J connectivity index is 1.62. The lowest BCUT2D eigenvalue weighted by Gasteiger charge is -2.11. The number of nitrogens with zero attached hydrogens (tertiary/aromatic N) is 5. The standard InChI is InChI=1S/C20H11F2N7/c21-15-11-29-10-13(9-24)7-16(29)18(22)19(15)27-17-5-6-25-20(28-17)26-14-3-1-12(8-23)2-4-14/h1-7,10-11H,(H2,25,26,27,28). The van der Waals surface area contributed by atoms with E-state index in [2.05, 4.69) is 20.6 Å². The minimum Gasteiger partial charge on any atom is -0.335 e. The van der Waals surface area contributed by atoms with Crippen LogP contribution in [0, 0.1) is 34.3 Å². The molecule has 1 aromatic carbocycles. The normalized spacial score (nSPS) is 10.3. The fraction of sp³-hybridized carbons (Fsp3) is 0. The van der Waals surface area contributed by atoms with Gasteiger partial charge in [-0.25, -0.2) is 13.8 Å². The van der Waals surface area contributed by atoms with Crippen molar-refractivity contribution in [1.82, 2.24) is 14.4 Å². The number of nitriles is 2. The van der Waals surface area contributed by atoms with Gasteiger partial charge in [0.15, 0.2) is 11.6 Å². The van der Waals surface area contributed by atoms with Gasteiger partial charge in [-0.1, -0.05) is 0 Å². The van der Waals surface area contributed by atoms with Crippen molar-refractivity contribution in [2.45, 2.75) is 0 Å². The number of hydrogen-bond donors (Lipinski definition) is 2. The summed E-state index contributed by atoms with van der Waals surface area (Å²) < 4.78 is 30.4. The zero-order valence-electron chi connectivity index (χ0n) is 14.7. The maximum Gasteiger partial charge on any atom is 0.229 e. The molecule has 0 atom stereocenters. The molecule has 0 unspecified atom stereocenters. The van der Waals surface area contributed by atoms with E-state index < -0.39 is 11.6 Å². The van der Waals surface area contributed by atoms with E-state index >= 15 is 0 Å². The molecule has 9 heteroatoms. The van der Waals surface area contributed by atoms with E-state index in [0.717, 1.165) is 6.20 Å². The van der Waals surface area contributed by atoms with Crippen LogP contribution in [-0.4, -0.2) is 14.4 Å². The van der Waals surface area contributed by atoms with Gasteiger partial charge in [0.2, 0.25) is 5.95 Å². The van der Waals surface area contributed by atoms with Crippen molar-refractivity contribution in [2.24, 2.45) is 0 Å². The molecular weight excluding hydrogens is 376 g/mol. The number of nitrogens with one attached hydrogen (secondary N) is 2. The summed E-state index contributed by atoms with van der Waals surface area (Å²) in [5.41, 5.74) is 1.06. The maximum atomic E-state index is 14.8. The topological polar surface area (TPSA) is 102 Å². The predicted octanol–water partition coefficient (Wildman–Crippen LogP) is 4.24. The zero-order chi connectivity index (χ0) is 20.4. The first-order chi connectivity index (χ1) is 14.1. The summed E-state index contributed by atoms with van der Waals surface area (Å²) in [6.07, 6.45) is 3.86. The molecule has 3 heterocycles. The second kappa shape index (κ2) is 7.25. The molecule has 2 N–H and O–H groups in total. The molecule has 7 nitrogen and oxygen atoms in total. The molecule has 0 saturated heterocycles. The van der Waals surface area contributed by atoms with E-state index in [-0.39, 0.29) is 28.5 Å². The number of halogens is 2. The number of aromatic nitrogens is 3. The van der Waals surface area contributed by atoms with E-state index in [1.165, 1.54) is 28.9 Å². The molecule has 0 aliphatic rings. The van der Waals surface area contributed by atoms with E-state index in [1.807, 2.05) is 12.1 Å². The van der Waals surface area contributed by atoms with Crippen LogP contribution in [0.3, 0.4) is 0 Å². The molecule has 0 aliphatic carbocycles. The van der Waals surface area contributed by atoms with Crippen molar-refractivity contribution >= 4 is 28.7 Å². The highest BCUT2D eigenvalue weighted by Crippen LogP contribution is 2.27. The SMILES string of the molecule is N#Cc1ccc(Nc2nccc(Nc3c(F)cn4cc(C#N)cc4c3F)n2)cc1. The summed E-state index contributed by atoms with van der Waals surface area (Å²) in [6.45, 7) is 0. The molecule has 0 aliphatic heterocycles. The van der Waals surface area contributed by atoms with Gasteiger partial charge < -0.3 is 15.0 Å². The van der Waals surface area contributed by atoms with Gasteiger partial charge in [-0.3, -0.25) is 0 Å². The number of pyridine rings is 1. The van der Waals surface area contributed by atoms with Crippen molar-refractivity contribution in [3.8, 4) is 12.1 Å². The third-order valence-electron chi connectivity index (χ3n) is 4.09. The van der Waals surface area contributed by atoms with Crippen molar-refractivity contribution in [1.29, 1.82) is 10.5 Å². The van der Waals surface area contributed by atoms with Crippen LogP contribution in [0.25, 0.3) is 5.52 Å². The van der Waals surface area contributed by atoms with Gasteiger partial charge in [0, 0.05) is 24.3 Å². The summed E-state index contributed by atoms with van der Waals surface area (Å²) in [4.78, 5) is 8.27. The lowest BCUT2D eigenvalue weighted by atomic mass is 10.2. The van der Waals surface area contributed by atoms with Crippen LogP contribution in [0.4, 0.5) is 31.9 Å². The monoisotopic (exact) mass is 387 g/mol. The average molecular weight is 387 g/mol. The number of anilines is 4. The molecule has 140 valence electrons. The molecule has 3 aromatic heterocycles. The Labute approximate surface area is 163 Å². The van der Waals surface area contributed by atoms with E-state index in [0.29, 0.717) is 11.3 Å². The van der Waals surface area contributed by atoms with Gasteiger partial charge in [0.05, 0.1) is 22.7 Å². The third kappa shape index (κ3) is 3.53. The largest absolute Gasteiger partial charge is 0.335 e. The van der Waals surface area contributed by atoms with Crippen molar-refractivity contribution < 1.29 is 8.78 Å². The van der Waals surface area contributed by atoms with Gasteiger partial charge in [0.25, 0.3) is 0 Å². The second-order valence-electron chi connectivity index (χ2n) is 6.00. The number of rotatable bonds is 4. The fourth-order valence-electron chi connectivity index (χ4n) is 2.73. The molecule has 4 aromatic rings. The zero-order valence-corrected chi connectivity index (χ0v) is 14.7. The number of fused-ring (bicyclic) bond motifs is 1. The molecule has 4 rings (SSSR count). The van der Waals surface area contributed by atoms with Crippen LogP contribution in [0.5, 0.6) is 0 Å². The Morgan fingerprint density at radius 2 is 1.69 bits per heavy atom. The van der Waals surface area contributed by atoms with Crippen LogP contribution < -0.4 is 10.6 Å². The molecule has 0 amide bonds. The molecule has 0 bridgehead atoms. The molecule has 0 saturated carbocycles. The Morgan fingerprint density at radius 3 is 2.41 bits per heavy atom. The quantitative estimate of drug-likeness (QED) is 0.543. The minimum atomic E-state index is -0.841. The molecular formula is C20H11F2N7. The summed E-state index contributed by atoms with van der Waals surface area (Å²) in [5, 5.41) is 23.4. The van der Waals surface area contributed by atoms with Gasteiger partial charge in [0.1, 0.15) is 17.6 Å². The summed E-state index contributed by atoms with van der Waals surface area (Å²) >= 11 is 0. The van der Waals surface area contributed by atoms with Gasteiger partial charge in [-0.05, 0) is 36.4 Å². The Morgan fingerprint density at radius 1 is 0.931 bits per heavy atom. The van der Waals surface area contributed by atoms with Crippen molar-refractivity contribution in [2.75, 3.05) is 10.6 Å². The van der Waals surface area contributed by atoms with Gasteiger partial charge >= 0.3 is 0 Å². The summed E-state index contributed by atoms with van der Waals surface area (Å²) in [5.74, 6) is -1.30. The first kappa shape index (κ1) is 17.9. The second-order valence-corrected chi connectivity index (χ2v) is 6.00. The highest BCUT2D eigenvalue weighted by Gasteiger charge is 2.16. The average Bonchev–Trinajstić information content (AvgIpc) is 3.15. The Hall–Kier alpha value is -4.50. The fourth-order valence-corrected chi connectivity index (χ4v) is 2.73. The highest BCUT2D eigenvalue weighted by molar-refractivity contribution is 5.68. The smallest absolute Gasteiger partial charge is 0.229 e. The molecule has 0 fully saturated rings. The molecule has 0 radical (unpaired) electrons. The van der Waals surface area contributed by atoms with Crippen molar-refractivity contribution in [3.05, 3.63) is 77.8 Å². The van der Waals surface area contributed by atoms with E-state index in [1.54, 1.807) is 24.3 Å². The first-order valence-corrected chi connectivity index (χ1v) is 8.34. The van der Waals surface area contributed by atoms with Crippen molar-refractivity contribution in [3.63, 3.8) is 0 Å².